The lowest BCUT2D eigenvalue weighted by Crippen LogP contribution is -2.00. The molecule has 1 N–H and O–H groups in total. The molecule has 3 nitrogen and oxygen atoms in total. The predicted octanol–water partition coefficient (Wildman–Crippen LogP) is 5.24. The van der Waals surface area contributed by atoms with Gasteiger partial charge in [-0.05, 0) is 52.2 Å². The Labute approximate surface area is 137 Å². The van der Waals surface area contributed by atoms with E-state index in [0.29, 0.717) is 29.8 Å². The van der Waals surface area contributed by atoms with Gasteiger partial charge in [-0.15, -0.1) is 0 Å². The Morgan fingerprint density at radius 2 is 2.00 bits per heavy atom. The van der Waals surface area contributed by atoms with Gasteiger partial charge in [-0.25, -0.2) is 0 Å². The van der Waals surface area contributed by atoms with Crippen molar-refractivity contribution in [1.29, 1.82) is 0 Å². The highest BCUT2D eigenvalue weighted by molar-refractivity contribution is 6.33. The fourth-order valence-electron chi connectivity index (χ4n) is 1.99. The van der Waals surface area contributed by atoms with Crippen LogP contribution in [0.3, 0.4) is 0 Å². The minimum absolute atomic E-state index is 0.0796. The molecule has 0 bridgehead atoms. The van der Waals surface area contributed by atoms with Gasteiger partial charge in [0.05, 0.1) is 10.6 Å². The van der Waals surface area contributed by atoms with Gasteiger partial charge in [-0.3, -0.25) is 4.79 Å². The first-order valence-electron chi connectivity index (χ1n) is 7.25. The lowest BCUT2D eigenvalue weighted by Gasteiger charge is -2.11. The van der Waals surface area contributed by atoms with Gasteiger partial charge >= 0.3 is 0 Å². The molecule has 0 atom stereocenters. The number of carbonyl (C=O) groups is 1. The van der Waals surface area contributed by atoms with Crippen LogP contribution >= 0.6 is 11.6 Å². The van der Waals surface area contributed by atoms with Crippen molar-refractivity contribution < 1.29 is 14.6 Å². The lowest BCUT2D eigenvalue weighted by atomic mass is 10.1. The van der Waals surface area contributed by atoms with E-state index >= 15 is 0 Å². The Morgan fingerprint density at radius 1 is 1.32 bits per heavy atom. The Kier molecular flexibility index (Phi) is 7.19. The van der Waals surface area contributed by atoms with E-state index in [1.165, 1.54) is 17.2 Å². The molecule has 120 valence electrons. The summed E-state index contributed by atoms with van der Waals surface area (Å²) < 4.78 is 5.60. The van der Waals surface area contributed by atoms with Crippen LogP contribution in [0.2, 0.25) is 5.02 Å². The van der Waals surface area contributed by atoms with Crippen LogP contribution in [-0.2, 0) is 0 Å². The molecule has 0 spiro atoms. The topological polar surface area (TPSA) is 46.5 Å². The second-order valence-electron chi connectivity index (χ2n) is 5.55. The Balaban J connectivity index is 2.72. The van der Waals surface area contributed by atoms with E-state index in [4.69, 9.17) is 16.3 Å². The molecule has 4 heteroatoms. The van der Waals surface area contributed by atoms with Gasteiger partial charge in [0.1, 0.15) is 18.1 Å². The first kappa shape index (κ1) is 18.3. The van der Waals surface area contributed by atoms with Crippen LogP contribution in [0.15, 0.2) is 29.4 Å². The summed E-state index contributed by atoms with van der Waals surface area (Å²) >= 11 is 5.92. The van der Waals surface area contributed by atoms with Gasteiger partial charge in [0.2, 0.25) is 0 Å². The fourth-order valence-corrected chi connectivity index (χ4v) is 2.15. The SMILES string of the molecule is CC(C)=CCC/C(C)=C/COc1cc(O)c(Cl)c(C)c1C=O. The van der Waals surface area contributed by atoms with Gasteiger partial charge < -0.3 is 9.84 Å². The first-order valence-corrected chi connectivity index (χ1v) is 7.63. The molecule has 22 heavy (non-hydrogen) atoms. The third kappa shape index (κ3) is 5.23. The van der Waals surface area contributed by atoms with Crippen LogP contribution in [-0.4, -0.2) is 18.0 Å². The molecule has 0 amide bonds. The monoisotopic (exact) mass is 322 g/mol. The number of ether oxygens (including phenoxy) is 1. The smallest absolute Gasteiger partial charge is 0.154 e. The fraction of sp³-hybridized carbons (Fsp3) is 0.389. The largest absolute Gasteiger partial charge is 0.506 e. The number of carbonyl (C=O) groups excluding carboxylic acids is 1. The van der Waals surface area contributed by atoms with Crippen LogP contribution in [0.5, 0.6) is 11.5 Å². The lowest BCUT2D eigenvalue weighted by molar-refractivity contribution is 0.111. The molecule has 0 aliphatic heterocycles. The summed E-state index contributed by atoms with van der Waals surface area (Å²) in [5.74, 6) is 0.270. The molecular formula is C18H23ClO3. The maximum Gasteiger partial charge on any atom is 0.154 e. The molecule has 0 unspecified atom stereocenters. The van der Waals surface area contributed by atoms with Gasteiger partial charge in [-0.2, -0.15) is 0 Å². The maximum absolute atomic E-state index is 11.2. The third-order valence-electron chi connectivity index (χ3n) is 3.37. The molecule has 0 fully saturated rings. The van der Waals surface area contributed by atoms with Crippen molar-refractivity contribution in [1.82, 2.24) is 0 Å². The van der Waals surface area contributed by atoms with Crippen molar-refractivity contribution >= 4 is 17.9 Å². The first-order chi connectivity index (χ1) is 10.4. The molecule has 0 radical (unpaired) electrons. The zero-order chi connectivity index (χ0) is 16.7. The summed E-state index contributed by atoms with van der Waals surface area (Å²) in [7, 11) is 0. The maximum atomic E-state index is 11.2. The van der Waals surface area contributed by atoms with Gasteiger partial charge in [0.25, 0.3) is 0 Å². The summed E-state index contributed by atoms with van der Waals surface area (Å²) in [4.78, 5) is 11.2. The van der Waals surface area contributed by atoms with E-state index in [0.717, 1.165) is 12.8 Å². The summed E-state index contributed by atoms with van der Waals surface area (Å²) in [5, 5.41) is 9.91. The van der Waals surface area contributed by atoms with E-state index in [1.807, 2.05) is 13.0 Å². The molecule has 1 aromatic rings. The number of aromatic hydroxyl groups is 1. The average molecular weight is 323 g/mol. The zero-order valence-corrected chi connectivity index (χ0v) is 14.3. The Bertz CT molecular complexity index is 597. The molecule has 0 saturated carbocycles. The number of hydrogen-bond donors (Lipinski definition) is 1. The van der Waals surface area contributed by atoms with Crippen molar-refractivity contribution in [3.05, 3.63) is 45.5 Å². The van der Waals surface area contributed by atoms with E-state index < -0.39 is 0 Å². The average Bonchev–Trinajstić information content (AvgIpc) is 2.45. The summed E-state index contributed by atoms with van der Waals surface area (Å²) in [6.07, 6.45) is 6.85. The number of phenolic OH excluding ortho intramolecular Hbond substituents is 1. The number of rotatable bonds is 7. The van der Waals surface area contributed by atoms with Crippen LogP contribution < -0.4 is 4.74 Å². The minimum atomic E-state index is -0.0796. The molecule has 1 rings (SSSR count). The molecular weight excluding hydrogens is 300 g/mol. The van der Waals surface area contributed by atoms with Gasteiger partial charge in [0, 0.05) is 6.07 Å². The second-order valence-corrected chi connectivity index (χ2v) is 5.92. The molecule has 1 aromatic carbocycles. The Morgan fingerprint density at radius 3 is 2.59 bits per heavy atom. The molecule has 0 aliphatic carbocycles. The van der Waals surface area contributed by atoms with Crippen LogP contribution in [0.4, 0.5) is 0 Å². The number of allylic oxidation sites excluding steroid dienone is 3. The molecule has 0 aromatic heterocycles. The van der Waals surface area contributed by atoms with E-state index in [9.17, 15) is 9.90 Å². The van der Waals surface area contributed by atoms with Crippen molar-refractivity contribution in [2.45, 2.75) is 40.5 Å². The van der Waals surface area contributed by atoms with Crippen LogP contribution in [0.25, 0.3) is 0 Å². The zero-order valence-electron chi connectivity index (χ0n) is 13.6. The van der Waals surface area contributed by atoms with Crippen molar-refractivity contribution in [3.8, 4) is 11.5 Å². The van der Waals surface area contributed by atoms with Gasteiger partial charge in [-0.1, -0.05) is 28.8 Å². The highest BCUT2D eigenvalue weighted by atomic mass is 35.5. The van der Waals surface area contributed by atoms with Crippen LogP contribution in [0.1, 0.15) is 49.5 Å². The number of halogens is 1. The second kappa shape index (κ2) is 8.64. The third-order valence-corrected chi connectivity index (χ3v) is 3.85. The molecule has 0 saturated heterocycles. The molecule has 0 aliphatic rings. The van der Waals surface area contributed by atoms with Crippen molar-refractivity contribution in [2.75, 3.05) is 6.61 Å². The highest BCUT2D eigenvalue weighted by Crippen LogP contribution is 2.35. The summed E-state index contributed by atoms with van der Waals surface area (Å²) in [6.45, 7) is 8.24. The number of benzene rings is 1. The minimum Gasteiger partial charge on any atom is -0.506 e. The van der Waals surface area contributed by atoms with E-state index in [1.54, 1.807) is 6.92 Å². The standard InChI is InChI=1S/C18H23ClO3/c1-12(2)6-5-7-13(3)8-9-22-17-10-16(21)18(19)14(4)15(17)11-20/h6,8,10-11,21H,5,7,9H2,1-4H3/b13-8+. The Hall–Kier alpha value is -1.74. The summed E-state index contributed by atoms with van der Waals surface area (Å²) in [5.41, 5.74) is 3.43. The van der Waals surface area contributed by atoms with Gasteiger partial charge in [0.15, 0.2) is 6.29 Å². The van der Waals surface area contributed by atoms with Crippen molar-refractivity contribution in [3.63, 3.8) is 0 Å². The van der Waals surface area contributed by atoms with E-state index in [-0.39, 0.29) is 10.8 Å². The molecule has 0 heterocycles. The highest BCUT2D eigenvalue weighted by Gasteiger charge is 2.13. The quantitative estimate of drug-likeness (QED) is 0.551. The summed E-state index contributed by atoms with van der Waals surface area (Å²) in [6, 6.07) is 1.38. The normalized spacial score (nSPS) is 11.2. The number of aldehydes is 1. The predicted molar refractivity (Wildman–Crippen MR) is 91.2 cm³/mol. The number of phenols is 1. The van der Waals surface area contributed by atoms with E-state index in [2.05, 4.69) is 19.9 Å². The number of hydrogen-bond acceptors (Lipinski definition) is 3. The van der Waals surface area contributed by atoms with Crippen molar-refractivity contribution in [2.24, 2.45) is 0 Å². The van der Waals surface area contributed by atoms with Crippen LogP contribution in [0, 0.1) is 6.92 Å².